The van der Waals surface area contributed by atoms with Crippen LogP contribution in [0.3, 0.4) is 0 Å². The highest BCUT2D eigenvalue weighted by molar-refractivity contribution is 9.15. The summed E-state index contributed by atoms with van der Waals surface area (Å²) in [6.45, 7) is 0.725. The summed E-state index contributed by atoms with van der Waals surface area (Å²) >= 11 is 3.31. The quantitative estimate of drug-likeness (QED) is 0.775. The molecule has 1 unspecified atom stereocenters. The number of rotatable bonds is 1. The molecule has 2 aliphatic heterocycles. The fourth-order valence-corrected chi connectivity index (χ4v) is 5.66. The van der Waals surface area contributed by atoms with Gasteiger partial charge in [-0.05, 0) is 41.3 Å². The molecule has 0 saturated carbocycles. The van der Waals surface area contributed by atoms with E-state index in [2.05, 4.69) is 21.0 Å². The molecular formula is C14H13BrN2O3S. The highest BCUT2D eigenvalue weighted by Crippen LogP contribution is 2.41. The van der Waals surface area contributed by atoms with Crippen LogP contribution in [-0.2, 0) is 14.6 Å². The molecular weight excluding hydrogens is 356 g/mol. The first-order valence-corrected chi connectivity index (χ1v) is 9.16. The fraction of sp³-hybridized carbons (Fsp3) is 0.357. The van der Waals surface area contributed by atoms with Gasteiger partial charge in [0.2, 0.25) is 9.84 Å². The maximum Gasteiger partial charge on any atom is 0.202 e. The molecule has 110 valence electrons. The molecule has 0 N–H and O–H groups in total. The fourth-order valence-electron chi connectivity index (χ4n) is 3.00. The van der Waals surface area contributed by atoms with Gasteiger partial charge in [-0.15, -0.1) is 0 Å². The van der Waals surface area contributed by atoms with Crippen molar-refractivity contribution in [3.05, 3.63) is 29.3 Å². The molecule has 1 fully saturated rings. The molecule has 0 amide bonds. The summed E-state index contributed by atoms with van der Waals surface area (Å²) in [7, 11) is -3.40. The molecule has 3 heterocycles. The zero-order chi connectivity index (χ0) is 14.6. The van der Waals surface area contributed by atoms with Crippen molar-refractivity contribution in [2.45, 2.75) is 30.4 Å². The Hall–Kier alpha value is -1.18. The Morgan fingerprint density at radius 1 is 1.33 bits per heavy atom. The first-order chi connectivity index (χ1) is 10.1. The lowest BCUT2D eigenvalue weighted by atomic mass is 10.1. The lowest BCUT2D eigenvalue weighted by molar-refractivity contribution is -0.0366. The summed E-state index contributed by atoms with van der Waals surface area (Å²) < 4.78 is 32.7. The smallest absolute Gasteiger partial charge is 0.202 e. The van der Waals surface area contributed by atoms with Crippen LogP contribution in [0, 0.1) is 0 Å². The summed E-state index contributed by atoms with van der Waals surface area (Å²) in [6.07, 6.45) is 4.60. The van der Waals surface area contributed by atoms with Crippen molar-refractivity contribution in [2.75, 3.05) is 6.61 Å². The van der Waals surface area contributed by atoms with Crippen LogP contribution in [0.1, 0.15) is 31.1 Å². The Bertz CT molecular complexity index is 864. The van der Waals surface area contributed by atoms with Gasteiger partial charge in [0, 0.05) is 22.0 Å². The molecule has 4 rings (SSSR count). The molecule has 21 heavy (non-hydrogen) atoms. The van der Waals surface area contributed by atoms with E-state index in [0.717, 1.165) is 31.4 Å². The van der Waals surface area contributed by atoms with E-state index in [1.807, 2.05) is 12.1 Å². The molecule has 0 spiro atoms. The summed E-state index contributed by atoms with van der Waals surface area (Å²) in [5.41, 5.74) is 1.51. The molecule has 1 aromatic carbocycles. The van der Waals surface area contributed by atoms with E-state index in [1.54, 1.807) is 10.9 Å². The number of hydrogen-bond donors (Lipinski definition) is 0. The maximum atomic E-state index is 12.3. The Kier molecular flexibility index (Phi) is 2.99. The Balaban J connectivity index is 1.93. The van der Waals surface area contributed by atoms with Crippen LogP contribution in [0.5, 0.6) is 0 Å². The second-order valence-electron chi connectivity index (χ2n) is 5.30. The Labute approximate surface area is 130 Å². The number of ether oxygens (including phenoxy) is 1. The van der Waals surface area contributed by atoms with Crippen LogP contribution < -0.4 is 0 Å². The highest BCUT2D eigenvalue weighted by Gasteiger charge is 2.30. The molecule has 1 atom stereocenters. The second-order valence-corrected chi connectivity index (χ2v) is 7.88. The Morgan fingerprint density at radius 3 is 2.95 bits per heavy atom. The average Bonchev–Trinajstić information content (AvgIpc) is 2.99. The van der Waals surface area contributed by atoms with E-state index in [9.17, 15) is 8.42 Å². The molecule has 0 aliphatic carbocycles. The lowest BCUT2D eigenvalue weighted by Crippen LogP contribution is -2.18. The van der Waals surface area contributed by atoms with Gasteiger partial charge < -0.3 is 4.74 Å². The second kappa shape index (κ2) is 4.66. The zero-order valence-corrected chi connectivity index (χ0v) is 13.5. The number of halogens is 1. The SMILES string of the molecule is O=S1(=O)C=C(Br)c2ccc3c(cnn3C3CCCCO3)c21. The molecule has 1 saturated heterocycles. The molecule has 1 aromatic heterocycles. The minimum atomic E-state index is -3.40. The molecule has 2 aliphatic rings. The predicted octanol–water partition coefficient (Wildman–Crippen LogP) is 3.22. The van der Waals surface area contributed by atoms with Crippen LogP contribution in [0.4, 0.5) is 0 Å². The van der Waals surface area contributed by atoms with Crippen LogP contribution in [-0.4, -0.2) is 24.8 Å². The van der Waals surface area contributed by atoms with E-state index >= 15 is 0 Å². The van der Waals surface area contributed by atoms with Gasteiger partial charge in [-0.3, -0.25) is 0 Å². The van der Waals surface area contributed by atoms with Gasteiger partial charge in [-0.1, -0.05) is 6.07 Å². The normalized spacial score (nSPS) is 24.0. The van der Waals surface area contributed by atoms with Crippen molar-refractivity contribution in [2.24, 2.45) is 0 Å². The third kappa shape index (κ3) is 1.98. The first kappa shape index (κ1) is 13.5. The highest BCUT2D eigenvalue weighted by atomic mass is 79.9. The molecule has 0 radical (unpaired) electrons. The van der Waals surface area contributed by atoms with E-state index in [-0.39, 0.29) is 6.23 Å². The van der Waals surface area contributed by atoms with Crippen LogP contribution in [0.2, 0.25) is 0 Å². The zero-order valence-electron chi connectivity index (χ0n) is 11.1. The summed E-state index contributed by atoms with van der Waals surface area (Å²) in [5, 5.41) is 6.29. The Morgan fingerprint density at radius 2 is 2.19 bits per heavy atom. The number of fused-ring (bicyclic) bond motifs is 3. The molecule has 5 nitrogen and oxygen atoms in total. The van der Waals surface area contributed by atoms with Crippen molar-refractivity contribution < 1.29 is 13.2 Å². The van der Waals surface area contributed by atoms with E-state index in [4.69, 9.17) is 4.74 Å². The standard InChI is InChI=1S/C14H13BrN2O3S/c15-11-8-21(18,19)14-9(11)4-5-12-10(14)7-16-17(12)13-3-1-2-6-20-13/h4-5,7-8,13H,1-3,6H2. The van der Waals surface area contributed by atoms with Gasteiger partial charge in [-0.25, -0.2) is 13.1 Å². The molecule has 0 bridgehead atoms. The van der Waals surface area contributed by atoms with Gasteiger partial charge >= 0.3 is 0 Å². The van der Waals surface area contributed by atoms with Crippen molar-refractivity contribution >= 4 is 41.2 Å². The van der Waals surface area contributed by atoms with Crippen molar-refractivity contribution in [3.63, 3.8) is 0 Å². The van der Waals surface area contributed by atoms with Crippen molar-refractivity contribution in [1.29, 1.82) is 0 Å². The summed E-state index contributed by atoms with van der Waals surface area (Å²) in [5.74, 6) is 0. The maximum absolute atomic E-state index is 12.3. The predicted molar refractivity (Wildman–Crippen MR) is 82.7 cm³/mol. The van der Waals surface area contributed by atoms with Gasteiger partial charge in [0.1, 0.15) is 0 Å². The molecule has 2 aromatic rings. The van der Waals surface area contributed by atoms with Crippen LogP contribution in [0.25, 0.3) is 15.4 Å². The minimum absolute atomic E-state index is 0.102. The third-order valence-corrected chi connectivity index (χ3v) is 6.47. The van der Waals surface area contributed by atoms with E-state index < -0.39 is 9.84 Å². The summed E-state index contributed by atoms with van der Waals surface area (Å²) in [4.78, 5) is 0.342. The lowest BCUT2D eigenvalue weighted by Gasteiger charge is -2.23. The number of nitrogens with zero attached hydrogens (tertiary/aromatic N) is 2. The third-order valence-electron chi connectivity index (χ3n) is 3.96. The summed E-state index contributed by atoms with van der Waals surface area (Å²) in [6, 6.07) is 3.73. The van der Waals surface area contributed by atoms with E-state index in [0.29, 0.717) is 20.3 Å². The molecule has 7 heteroatoms. The van der Waals surface area contributed by atoms with E-state index in [1.165, 1.54) is 5.41 Å². The minimum Gasteiger partial charge on any atom is -0.356 e. The van der Waals surface area contributed by atoms with Gasteiger partial charge in [0.05, 0.1) is 22.0 Å². The first-order valence-electron chi connectivity index (χ1n) is 6.82. The monoisotopic (exact) mass is 368 g/mol. The van der Waals surface area contributed by atoms with Crippen molar-refractivity contribution in [1.82, 2.24) is 9.78 Å². The number of hydrogen-bond acceptors (Lipinski definition) is 4. The number of sulfone groups is 1. The van der Waals surface area contributed by atoms with Crippen LogP contribution in [0.15, 0.2) is 28.6 Å². The van der Waals surface area contributed by atoms with Crippen molar-refractivity contribution in [3.8, 4) is 0 Å². The average molecular weight is 369 g/mol. The number of aromatic nitrogens is 2. The largest absolute Gasteiger partial charge is 0.356 e. The van der Waals surface area contributed by atoms with Crippen LogP contribution >= 0.6 is 15.9 Å². The number of benzene rings is 1. The topological polar surface area (TPSA) is 61.2 Å². The van der Waals surface area contributed by atoms with Gasteiger partial charge in [-0.2, -0.15) is 5.10 Å². The van der Waals surface area contributed by atoms with Gasteiger partial charge in [0.25, 0.3) is 0 Å². The van der Waals surface area contributed by atoms with Gasteiger partial charge in [0.15, 0.2) is 6.23 Å².